The van der Waals surface area contributed by atoms with E-state index in [1.54, 1.807) is 17.5 Å². The van der Waals surface area contributed by atoms with Crippen molar-refractivity contribution in [1.82, 2.24) is 15.0 Å². The fourth-order valence-electron chi connectivity index (χ4n) is 1.47. The van der Waals surface area contributed by atoms with E-state index >= 15 is 0 Å². The first-order chi connectivity index (χ1) is 8.22. The van der Waals surface area contributed by atoms with Gasteiger partial charge in [0.05, 0.1) is 0 Å². The second-order valence-electron chi connectivity index (χ2n) is 3.87. The minimum Gasteiger partial charge on any atom is -0.370 e. The van der Waals surface area contributed by atoms with Gasteiger partial charge in [0.25, 0.3) is 0 Å². The van der Waals surface area contributed by atoms with Crippen molar-refractivity contribution in [2.45, 2.75) is 27.2 Å². The predicted molar refractivity (Wildman–Crippen MR) is 71.4 cm³/mol. The number of nitrogens with zero attached hydrogens (tertiary/aromatic N) is 3. The minimum absolute atomic E-state index is 0.710. The number of anilines is 1. The van der Waals surface area contributed by atoms with Crippen LogP contribution < -0.4 is 5.32 Å². The largest absolute Gasteiger partial charge is 0.370 e. The molecule has 90 valence electrons. The lowest BCUT2D eigenvalue weighted by molar-refractivity contribution is 0.954. The first-order valence-electron chi connectivity index (χ1n) is 5.71. The molecule has 0 amide bonds. The van der Waals surface area contributed by atoms with Gasteiger partial charge in [-0.2, -0.15) is 0 Å². The molecule has 0 fully saturated rings. The lowest BCUT2D eigenvalue weighted by atomic mass is 10.2. The van der Waals surface area contributed by atoms with Crippen LogP contribution in [0.15, 0.2) is 11.6 Å². The minimum atomic E-state index is 0.710. The third-order valence-electron chi connectivity index (χ3n) is 2.56. The van der Waals surface area contributed by atoms with Gasteiger partial charge < -0.3 is 5.32 Å². The average molecular weight is 248 g/mol. The first-order valence-corrected chi connectivity index (χ1v) is 6.59. The van der Waals surface area contributed by atoms with Crippen molar-refractivity contribution >= 4 is 17.2 Å². The van der Waals surface area contributed by atoms with Crippen molar-refractivity contribution in [3.63, 3.8) is 0 Å². The van der Waals surface area contributed by atoms with Crippen LogP contribution in [0.2, 0.25) is 0 Å². The number of hydrogen-bond donors (Lipinski definition) is 1. The highest BCUT2D eigenvalue weighted by molar-refractivity contribution is 7.13. The fourth-order valence-corrected chi connectivity index (χ4v) is 2.04. The number of hydrogen-bond acceptors (Lipinski definition) is 5. The summed E-state index contributed by atoms with van der Waals surface area (Å²) in [7, 11) is 0. The summed E-state index contributed by atoms with van der Waals surface area (Å²) in [6.07, 6.45) is 2.85. The quantitative estimate of drug-likeness (QED) is 0.903. The molecule has 0 atom stereocenters. The fraction of sp³-hybridized carbons (Fsp3) is 0.417. The van der Waals surface area contributed by atoms with Gasteiger partial charge in [0.1, 0.15) is 5.82 Å². The topological polar surface area (TPSA) is 50.7 Å². The Hall–Kier alpha value is -1.49. The van der Waals surface area contributed by atoms with Gasteiger partial charge in [0.15, 0.2) is 10.8 Å². The van der Waals surface area contributed by atoms with E-state index < -0.39 is 0 Å². The van der Waals surface area contributed by atoms with Crippen molar-refractivity contribution in [2.75, 3.05) is 11.9 Å². The number of thiazole rings is 1. The van der Waals surface area contributed by atoms with Crippen molar-refractivity contribution in [1.29, 1.82) is 0 Å². The van der Waals surface area contributed by atoms with Crippen molar-refractivity contribution in [3.8, 4) is 10.8 Å². The molecule has 0 aromatic carbocycles. The van der Waals surface area contributed by atoms with Gasteiger partial charge in [-0.25, -0.2) is 15.0 Å². The molecule has 2 heterocycles. The summed E-state index contributed by atoms with van der Waals surface area (Å²) in [4.78, 5) is 13.3. The van der Waals surface area contributed by atoms with E-state index in [1.807, 2.05) is 19.2 Å². The summed E-state index contributed by atoms with van der Waals surface area (Å²) in [6, 6.07) is 0. The van der Waals surface area contributed by atoms with Crippen molar-refractivity contribution in [3.05, 3.63) is 22.8 Å². The average Bonchev–Trinajstić information content (AvgIpc) is 2.84. The van der Waals surface area contributed by atoms with E-state index in [-0.39, 0.29) is 0 Å². The Morgan fingerprint density at radius 2 is 2.12 bits per heavy atom. The Labute approximate surface area is 105 Å². The third-order valence-corrected chi connectivity index (χ3v) is 3.32. The first kappa shape index (κ1) is 12.0. The molecule has 0 radical (unpaired) electrons. The molecule has 2 rings (SSSR count). The second kappa shape index (κ2) is 5.23. The van der Waals surface area contributed by atoms with Crippen LogP contribution in [0.4, 0.5) is 5.82 Å². The molecule has 2 aromatic rings. The zero-order chi connectivity index (χ0) is 12.3. The van der Waals surface area contributed by atoms with E-state index in [1.165, 1.54) is 0 Å². The number of rotatable bonds is 4. The van der Waals surface area contributed by atoms with Gasteiger partial charge in [0, 0.05) is 29.4 Å². The molecule has 0 saturated heterocycles. The van der Waals surface area contributed by atoms with Crippen molar-refractivity contribution < 1.29 is 0 Å². The molecule has 5 heteroatoms. The smallest absolute Gasteiger partial charge is 0.190 e. The van der Waals surface area contributed by atoms with E-state index in [0.717, 1.165) is 35.0 Å². The molecule has 4 nitrogen and oxygen atoms in total. The SMILES string of the molecule is CCCNc1nc(-c2nccs2)nc(C)c1C. The second-order valence-corrected chi connectivity index (χ2v) is 4.76. The van der Waals surface area contributed by atoms with Crippen LogP contribution in [0.1, 0.15) is 24.6 Å². The monoisotopic (exact) mass is 248 g/mol. The summed E-state index contributed by atoms with van der Waals surface area (Å²) >= 11 is 1.56. The van der Waals surface area contributed by atoms with E-state index in [9.17, 15) is 0 Å². The Kier molecular flexibility index (Phi) is 3.68. The third kappa shape index (κ3) is 2.61. The molecule has 0 aliphatic rings. The molecule has 0 aliphatic heterocycles. The van der Waals surface area contributed by atoms with Crippen LogP contribution in [-0.4, -0.2) is 21.5 Å². The molecule has 17 heavy (non-hydrogen) atoms. The highest BCUT2D eigenvalue weighted by Gasteiger charge is 2.10. The maximum absolute atomic E-state index is 4.54. The summed E-state index contributed by atoms with van der Waals surface area (Å²) in [5.74, 6) is 1.63. The van der Waals surface area contributed by atoms with Crippen LogP contribution in [0.3, 0.4) is 0 Å². The normalized spacial score (nSPS) is 10.5. The highest BCUT2D eigenvalue weighted by atomic mass is 32.1. The van der Waals surface area contributed by atoms with E-state index in [4.69, 9.17) is 0 Å². The Balaban J connectivity index is 2.39. The molecule has 0 bridgehead atoms. The summed E-state index contributed by atoms with van der Waals surface area (Å²) in [5.41, 5.74) is 2.11. The predicted octanol–water partition coefficient (Wildman–Crippen LogP) is 3.04. The number of nitrogens with one attached hydrogen (secondary N) is 1. The van der Waals surface area contributed by atoms with Crippen LogP contribution >= 0.6 is 11.3 Å². The van der Waals surface area contributed by atoms with Gasteiger partial charge in [-0.1, -0.05) is 6.92 Å². The van der Waals surface area contributed by atoms with Crippen LogP contribution in [0.5, 0.6) is 0 Å². The maximum atomic E-state index is 4.54. The van der Waals surface area contributed by atoms with Crippen LogP contribution in [0, 0.1) is 13.8 Å². The maximum Gasteiger partial charge on any atom is 0.190 e. The molecule has 2 aromatic heterocycles. The number of aryl methyl sites for hydroxylation is 1. The standard InChI is InChI=1S/C12H16N4S/c1-4-5-13-10-8(2)9(3)15-11(16-10)12-14-6-7-17-12/h6-7H,4-5H2,1-3H3,(H,13,15,16). The zero-order valence-electron chi connectivity index (χ0n) is 10.3. The highest BCUT2D eigenvalue weighted by Crippen LogP contribution is 2.22. The summed E-state index contributed by atoms with van der Waals surface area (Å²) in [5, 5.41) is 6.14. The van der Waals surface area contributed by atoms with Gasteiger partial charge >= 0.3 is 0 Å². The molecule has 0 unspecified atom stereocenters. The lowest BCUT2D eigenvalue weighted by Gasteiger charge is -2.10. The van der Waals surface area contributed by atoms with Gasteiger partial charge in [-0.05, 0) is 20.3 Å². The molecule has 0 spiro atoms. The zero-order valence-corrected chi connectivity index (χ0v) is 11.1. The van der Waals surface area contributed by atoms with E-state index in [2.05, 4.69) is 27.2 Å². The van der Waals surface area contributed by atoms with E-state index in [0.29, 0.717) is 5.82 Å². The van der Waals surface area contributed by atoms with Crippen molar-refractivity contribution in [2.24, 2.45) is 0 Å². The lowest BCUT2D eigenvalue weighted by Crippen LogP contribution is -2.07. The summed E-state index contributed by atoms with van der Waals surface area (Å²) in [6.45, 7) is 7.11. The summed E-state index contributed by atoms with van der Waals surface area (Å²) < 4.78 is 0. The van der Waals surface area contributed by atoms with Gasteiger partial charge in [-0.15, -0.1) is 11.3 Å². The Morgan fingerprint density at radius 3 is 2.76 bits per heavy atom. The molecular formula is C12H16N4S. The molecule has 0 aliphatic carbocycles. The van der Waals surface area contributed by atoms with Gasteiger partial charge in [-0.3, -0.25) is 0 Å². The molecule has 0 saturated carbocycles. The Morgan fingerprint density at radius 1 is 1.29 bits per heavy atom. The van der Waals surface area contributed by atoms with Gasteiger partial charge in [0.2, 0.25) is 0 Å². The number of aromatic nitrogens is 3. The Bertz CT molecular complexity index is 493. The van der Waals surface area contributed by atoms with Crippen LogP contribution in [-0.2, 0) is 0 Å². The molecular weight excluding hydrogens is 232 g/mol. The van der Waals surface area contributed by atoms with Crippen LogP contribution in [0.25, 0.3) is 10.8 Å². The molecule has 1 N–H and O–H groups in total.